The smallest absolute Gasteiger partial charge is 0.332 e. The van der Waals surface area contributed by atoms with Crippen LogP contribution >= 0.6 is 0 Å². The number of carboxylic acids is 1. The first-order valence-corrected chi connectivity index (χ1v) is 7.23. The van der Waals surface area contributed by atoms with Gasteiger partial charge in [0, 0.05) is 13.1 Å². The lowest BCUT2D eigenvalue weighted by Gasteiger charge is -2.22. The topological polar surface area (TPSA) is 81.7 Å². The third-order valence-corrected chi connectivity index (χ3v) is 3.14. The number of carboxylic acid groups (broad SMARTS) is 1. The van der Waals surface area contributed by atoms with Crippen molar-refractivity contribution >= 4 is 12.0 Å². The zero-order valence-corrected chi connectivity index (χ0v) is 12.6. The van der Waals surface area contributed by atoms with Gasteiger partial charge in [-0.15, -0.1) is 0 Å². The van der Waals surface area contributed by atoms with E-state index >= 15 is 0 Å². The first-order chi connectivity index (χ1) is 11.1. The molecular weight excluding hydrogens is 294 g/mol. The van der Waals surface area contributed by atoms with E-state index in [4.69, 9.17) is 5.11 Å². The van der Waals surface area contributed by atoms with Crippen molar-refractivity contribution in [1.82, 2.24) is 15.8 Å². The molecule has 2 aromatic rings. The van der Waals surface area contributed by atoms with Crippen molar-refractivity contribution in [2.45, 2.75) is 13.1 Å². The quantitative estimate of drug-likeness (QED) is 0.683. The van der Waals surface area contributed by atoms with E-state index in [2.05, 4.69) is 10.7 Å². The maximum Gasteiger partial charge on any atom is 0.332 e. The molecule has 0 aromatic heterocycles. The maximum atomic E-state index is 12.2. The molecule has 0 saturated carbocycles. The molecule has 6 nitrogen and oxygen atoms in total. The van der Waals surface area contributed by atoms with Gasteiger partial charge in [-0.2, -0.15) is 0 Å². The standard InChI is InChI=1S/C17H19N3O3/c21-16(22)13-20(19-12-15-9-5-2-6-10-15)17(23)18-11-14-7-3-1-4-8-14/h1-10,19H,11-13H2,(H,18,23)(H,21,22). The number of urea groups is 1. The van der Waals surface area contributed by atoms with Gasteiger partial charge in [0.2, 0.25) is 0 Å². The number of amides is 2. The maximum absolute atomic E-state index is 12.2. The van der Waals surface area contributed by atoms with Gasteiger partial charge < -0.3 is 10.4 Å². The highest BCUT2D eigenvalue weighted by Crippen LogP contribution is 2.00. The van der Waals surface area contributed by atoms with Crippen molar-refractivity contribution in [2.75, 3.05) is 6.54 Å². The zero-order chi connectivity index (χ0) is 16.5. The Morgan fingerprint density at radius 1 is 0.870 bits per heavy atom. The fourth-order valence-corrected chi connectivity index (χ4v) is 1.99. The third kappa shape index (κ3) is 5.80. The Bertz CT molecular complexity index is 632. The first-order valence-electron chi connectivity index (χ1n) is 7.23. The SMILES string of the molecule is O=C(O)CN(NCc1ccccc1)C(=O)NCc1ccccc1. The summed E-state index contributed by atoms with van der Waals surface area (Å²) in [5.74, 6) is -1.08. The molecule has 2 aromatic carbocycles. The van der Waals surface area contributed by atoms with Crippen LogP contribution in [0.1, 0.15) is 11.1 Å². The lowest BCUT2D eigenvalue weighted by molar-refractivity contribution is -0.138. The van der Waals surface area contributed by atoms with Crippen molar-refractivity contribution < 1.29 is 14.7 Å². The summed E-state index contributed by atoms with van der Waals surface area (Å²) in [7, 11) is 0. The molecule has 0 aliphatic rings. The number of nitrogens with one attached hydrogen (secondary N) is 2. The summed E-state index contributed by atoms with van der Waals surface area (Å²) in [6.45, 7) is 0.281. The molecule has 0 saturated heterocycles. The lowest BCUT2D eigenvalue weighted by atomic mass is 10.2. The Balaban J connectivity index is 1.91. The van der Waals surface area contributed by atoms with Gasteiger partial charge in [0.15, 0.2) is 0 Å². The molecule has 0 atom stereocenters. The van der Waals surface area contributed by atoms with Crippen molar-refractivity contribution in [3.63, 3.8) is 0 Å². The second kappa shape index (κ2) is 8.55. The Labute approximate surface area is 134 Å². The molecule has 0 heterocycles. The van der Waals surface area contributed by atoms with Crippen molar-refractivity contribution in [3.8, 4) is 0 Å². The number of nitrogens with zero attached hydrogens (tertiary/aromatic N) is 1. The number of hydrazine groups is 1. The molecule has 0 bridgehead atoms. The van der Waals surface area contributed by atoms with Gasteiger partial charge in [-0.3, -0.25) is 4.79 Å². The highest BCUT2D eigenvalue weighted by molar-refractivity contribution is 5.79. The van der Waals surface area contributed by atoms with E-state index in [9.17, 15) is 9.59 Å². The lowest BCUT2D eigenvalue weighted by Crippen LogP contribution is -2.50. The highest BCUT2D eigenvalue weighted by atomic mass is 16.4. The van der Waals surface area contributed by atoms with Crippen molar-refractivity contribution in [1.29, 1.82) is 0 Å². The molecule has 0 aliphatic carbocycles. The molecule has 0 unspecified atom stereocenters. The molecule has 120 valence electrons. The highest BCUT2D eigenvalue weighted by Gasteiger charge is 2.16. The normalized spacial score (nSPS) is 10.1. The number of carbonyl (C=O) groups excluding carboxylic acids is 1. The van der Waals surface area contributed by atoms with Gasteiger partial charge in [-0.25, -0.2) is 15.2 Å². The number of hydrogen-bond acceptors (Lipinski definition) is 3. The van der Waals surface area contributed by atoms with E-state index in [1.54, 1.807) is 0 Å². The van der Waals surface area contributed by atoms with Crippen LogP contribution in [0.2, 0.25) is 0 Å². The van der Waals surface area contributed by atoms with E-state index in [1.165, 1.54) is 0 Å². The van der Waals surface area contributed by atoms with Gasteiger partial charge in [0.25, 0.3) is 0 Å². The Morgan fingerprint density at radius 2 is 1.39 bits per heavy atom. The fraction of sp³-hybridized carbons (Fsp3) is 0.176. The summed E-state index contributed by atoms with van der Waals surface area (Å²) in [5, 5.41) is 12.7. The Kier molecular flexibility index (Phi) is 6.14. The van der Waals surface area contributed by atoms with Crippen LogP contribution in [0, 0.1) is 0 Å². The number of benzene rings is 2. The van der Waals surface area contributed by atoms with Gasteiger partial charge in [-0.1, -0.05) is 60.7 Å². The molecule has 2 rings (SSSR count). The number of rotatable bonds is 7. The molecule has 23 heavy (non-hydrogen) atoms. The average molecular weight is 313 g/mol. The average Bonchev–Trinajstić information content (AvgIpc) is 2.58. The predicted octanol–water partition coefficient (Wildman–Crippen LogP) is 1.99. The zero-order valence-electron chi connectivity index (χ0n) is 12.6. The van der Waals surface area contributed by atoms with Crippen LogP contribution in [0.4, 0.5) is 4.79 Å². The van der Waals surface area contributed by atoms with Crippen LogP contribution in [-0.4, -0.2) is 28.7 Å². The molecule has 0 spiro atoms. The Hall–Kier alpha value is -2.86. The van der Waals surface area contributed by atoms with E-state index in [0.717, 1.165) is 16.1 Å². The summed E-state index contributed by atoms with van der Waals surface area (Å²) < 4.78 is 0. The fourth-order valence-electron chi connectivity index (χ4n) is 1.99. The monoisotopic (exact) mass is 313 g/mol. The van der Waals surface area contributed by atoms with Crippen LogP contribution in [0.25, 0.3) is 0 Å². The van der Waals surface area contributed by atoms with E-state index in [1.807, 2.05) is 60.7 Å². The molecular formula is C17H19N3O3. The van der Waals surface area contributed by atoms with Crippen LogP contribution in [0.3, 0.4) is 0 Å². The van der Waals surface area contributed by atoms with E-state index in [-0.39, 0.29) is 0 Å². The number of hydrogen-bond donors (Lipinski definition) is 3. The second-order valence-electron chi connectivity index (χ2n) is 4.94. The minimum atomic E-state index is -1.08. The van der Waals surface area contributed by atoms with Crippen LogP contribution in [-0.2, 0) is 17.9 Å². The van der Waals surface area contributed by atoms with Crippen molar-refractivity contribution in [2.24, 2.45) is 0 Å². The second-order valence-corrected chi connectivity index (χ2v) is 4.94. The van der Waals surface area contributed by atoms with Gasteiger partial charge >= 0.3 is 12.0 Å². The Morgan fingerprint density at radius 3 is 1.91 bits per heavy atom. The summed E-state index contributed by atoms with van der Waals surface area (Å²) in [6.07, 6.45) is 0. The summed E-state index contributed by atoms with van der Waals surface area (Å²) >= 11 is 0. The van der Waals surface area contributed by atoms with Crippen LogP contribution < -0.4 is 10.7 Å². The summed E-state index contributed by atoms with van der Waals surface area (Å²) in [4.78, 5) is 23.1. The predicted molar refractivity (Wildman–Crippen MR) is 86.3 cm³/mol. The molecule has 0 aliphatic heterocycles. The van der Waals surface area contributed by atoms with Crippen molar-refractivity contribution in [3.05, 3.63) is 71.8 Å². The van der Waals surface area contributed by atoms with E-state index < -0.39 is 18.5 Å². The number of carbonyl (C=O) groups is 2. The molecule has 0 fully saturated rings. The van der Waals surface area contributed by atoms with Crippen LogP contribution in [0.5, 0.6) is 0 Å². The van der Waals surface area contributed by atoms with E-state index in [0.29, 0.717) is 13.1 Å². The minimum Gasteiger partial charge on any atom is -0.480 e. The van der Waals surface area contributed by atoms with Crippen LogP contribution in [0.15, 0.2) is 60.7 Å². The molecule has 6 heteroatoms. The summed E-state index contributed by atoms with van der Waals surface area (Å²) in [5.41, 5.74) is 4.74. The summed E-state index contributed by atoms with van der Waals surface area (Å²) in [6, 6.07) is 18.4. The third-order valence-electron chi connectivity index (χ3n) is 3.14. The first kappa shape index (κ1) is 16.5. The molecule has 3 N–H and O–H groups in total. The molecule has 0 radical (unpaired) electrons. The molecule has 2 amide bonds. The largest absolute Gasteiger partial charge is 0.480 e. The van der Waals surface area contributed by atoms with Gasteiger partial charge in [0.05, 0.1) is 0 Å². The number of aliphatic carboxylic acids is 1. The van der Waals surface area contributed by atoms with Gasteiger partial charge in [-0.05, 0) is 11.1 Å². The van der Waals surface area contributed by atoms with Gasteiger partial charge in [0.1, 0.15) is 6.54 Å². The minimum absolute atomic E-state index is 0.336.